The minimum Gasteiger partial charge on any atom is -0.507 e. The summed E-state index contributed by atoms with van der Waals surface area (Å²) in [6.45, 7) is 4.42. The van der Waals surface area contributed by atoms with Gasteiger partial charge >= 0.3 is 5.97 Å². The Balaban J connectivity index is 1.67. The summed E-state index contributed by atoms with van der Waals surface area (Å²) in [4.78, 5) is 26.1. The second-order valence-electron chi connectivity index (χ2n) is 8.62. The van der Waals surface area contributed by atoms with Gasteiger partial charge in [-0.3, -0.25) is 0 Å². The van der Waals surface area contributed by atoms with E-state index in [0.717, 1.165) is 31.2 Å². The summed E-state index contributed by atoms with van der Waals surface area (Å²) in [6.07, 6.45) is 4.15. The third-order valence-electron chi connectivity index (χ3n) is 5.78. The van der Waals surface area contributed by atoms with E-state index in [1.807, 2.05) is 13.0 Å². The number of aryl methyl sites for hydroxylation is 1. The predicted molar refractivity (Wildman–Crippen MR) is 139 cm³/mol. The number of esters is 1. The van der Waals surface area contributed by atoms with Gasteiger partial charge in [-0.25, -0.2) is 19.7 Å². The highest BCUT2D eigenvalue weighted by Gasteiger charge is 2.17. The Morgan fingerprint density at radius 1 is 0.778 bits per heavy atom. The fourth-order valence-electron chi connectivity index (χ4n) is 3.77. The largest absolute Gasteiger partial charge is 0.507 e. The van der Waals surface area contributed by atoms with Gasteiger partial charge in [0, 0.05) is 5.56 Å². The zero-order chi connectivity index (χ0) is 25.5. The third kappa shape index (κ3) is 5.86. The molecule has 0 aliphatic rings. The van der Waals surface area contributed by atoms with Gasteiger partial charge in [0.2, 0.25) is 0 Å². The smallest absolute Gasteiger partial charge is 0.338 e. The Hall–Kier alpha value is -4.26. The van der Waals surface area contributed by atoms with Gasteiger partial charge in [-0.15, -0.1) is 0 Å². The van der Waals surface area contributed by atoms with Crippen LogP contribution in [0.2, 0.25) is 0 Å². The molecule has 0 spiro atoms. The number of phenolic OH excluding ortho intramolecular Hbond substituents is 2. The van der Waals surface area contributed by atoms with Crippen LogP contribution in [0.5, 0.6) is 11.5 Å². The summed E-state index contributed by atoms with van der Waals surface area (Å²) in [7, 11) is 0. The molecule has 184 valence electrons. The van der Waals surface area contributed by atoms with Crippen molar-refractivity contribution in [2.45, 2.75) is 39.5 Å². The molecule has 0 atom stereocenters. The molecule has 0 aliphatic carbocycles. The normalized spacial score (nSPS) is 10.8. The number of hydrogen-bond acceptors (Lipinski definition) is 7. The van der Waals surface area contributed by atoms with Crippen molar-refractivity contribution in [2.24, 2.45) is 0 Å². The molecule has 1 aromatic heterocycles. The van der Waals surface area contributed by atoms with Gasteiger partial charge in [0.1, 0.15) is 11.5 Å². The first-order valence-corrected chi connectivity index (χ1v) is 12.1. The van der Waals surface area contributed by atoms with Crippen LogP contribution < -0.4 is 0 Å². The molecule has 7 nitrogen and oxygen atoms in total. The number of rotatable bonds is 9. The van der Waals surface area contributed by atoms with E-state index in [2.05, 4.69) is 21.9 Å². The Morgan fingerprint density at radius 3 is 2.11 bits per heavy atom. The van der Waals surface area contributed by atoms with Crippen molar-refractivity contribution in [3.63, 3.8) is 0 Å². The number of benzene rings is 3. The molecule has 0 amide bonds. The first-order chi connectivity index (χ1) is 17.5. The molecule has 2 N–H and O–H groups in total. The number of ether oxygens (including phenoxy) is 1. The van der Waals surface area contributed by atoms with Crippen LogP contribution in [-0.4, -0.2) is 37.7 Å². The number of aromatic hydroxyl groups is 2. The molecule has 36 heavy (non-hydrogen) atoms. The SMILES string of the molecule is CCCCCCOC(=O)c1ccc(-c2nc(-c3ccccc3O)nc(-c3ccc(C)cc3O)n2)cc1. The number of nitrogens with zero attached hydrogens (tertiary/aromatic N) is 3. The highest BCUT2D eigenvalue weighted by Crippen LogP contribution is 2.32. The van der Waals surface area contributed by atoms with E-state index in [4.69, 9.17) is 4.74 Å². The van der Waals surface area contributed by atoms with Crippen molar-refractivity contribution in [1.82, 2.24) is 15.0 Å². The number of unbranched alkanes of at least 4 members (excludes halogenated alkanes) is 3. The molecule has 0 fully saturated rings. The lowest BCUT2D eigenvalue weighted by Crippen LogP contribution is -2.06. The van der Waals surface area contributed by atoms with Gasteiger partial charge in [-0.1, -0.05) is 56.5 Å². The van der Waals surface area contributed by atoms with Gasteiger partial charge in [0.05, 0.1) is 23.3 Å². The molecule has 0 unspecified atom stereocenters. The minimum atomic E-state index is -0.367. The summed E-state index contributed by atoms with van der Waals surface area (Å²) in [5, 5.41) is 20.9. The fourth-order valence-corrected chi connectivity index (χ4v) is 3.77. The Kier molecular flexibility index (Phi) is 7.90. The lowest BCUT2D eigenvalue weighted by Gasteiger charge is -2.11. The Morgan fingerprint density at radius 2 is 1.44 bits per heavy atom. The van der Waals surface area contributed by atoms with E-state index in [9.17, 15) is 15.0 Å². The maximum absolute atomic E-state index is 12.4. The fraction of sp³-hybridized carbons (Fsp3) is 0.241. The first kappa shape index (κ1) is 24.9. The molecule has 4 rings (SSSR count). The second-order valence-corrected chi connectivity index (χ2v) is 8.62. The number of aromatic nitrogens is 3. The van der Waals surface area contributed by atoms with Crippen LogP contribution in [0, 0.1) is 6.92 Å². The summed E-state index contributed by atoms with van der Waals surface area (Å²) in [6, 6.07) is 18.9. The lowest BCUT2D eigenvalue weighted by atomic mass is 10.1. The Labute approximate surface area is 210 Å². The maximum atomic E-state index is 12.4. The average Bonchev–Trinajstić information content (AvgIpc) is 2.88. The number of carbonyl (C=O) groups is 1. The first-order valence-electron chi connectivity index (χ1n) is 12.1. The van der Waals surface area contributed by atoms with Crippen molar-refractivity contribution in [2.75, 3.05) is 6.61 Å². The zero-order valence-corrected chi connectivity index (χ0v) is 20.4. The van der Waals surface area contributed by atoms with E-state index in [-0.39, 0.29) is 29.1 Å². The summed E-state index contributed by atoms with van der Waals surface area (Å²) >= 11 is 0. The minimum absolute atomic E-state index is 0.0331. The van der Waals surface area contributed by atoms with Crippen LogP contribution in [0.1, 0.15) is 48.5 Å². The van der Waals surface area contributed by atoms with Crippen LogP contribution in [0.4, 0.5) is 0 Å². The molecular formula is C29H29N3O4. The van der Waals surface area contributed by atoms with Crippen LogP contribution in [-0.2, 0) is 4.74 Å². The lowest BCUT2D eigenvalue weighted by molar-refractivity contribution is 0.0498. The summed E-state index contributed by atoms with van der Waals surface area (Å²) in [5.74, 6) is 0.597. The molecule has 7 heteroatoms. The highest BCUT2D eigenvalue weighted by atomic mass is 16.5. The van der Waals surface area contributed by atoms with Gasteiger partial charge in [0.15, 0.2) is 17.5 Å². The van der Waals surface area contributed by atoms with Crippen molar-refractivity contribution in [1.29, 1.82) is 0 Å². The number of carbonyl (C=O) groups excluding carboxylic acids is 1. The van der Waals surface area contributed by atoms with E-state index >= 15 is 0 Å². The standard InChI is InChI=1S/C29H29N3O4/c1-3-4-5-8-17-36-29(35)21-14-12-20(13-15-21)26-30-27(22-9-6-7-10-24(22)33)32-28(31-26)23-16-11-19(2)18-25(23)34/h6-7,9-16,18,33-34H,3-5,8,17H2,1-2H3. The van der Waals surface area contributed by atoms with Gasteiger partial charge in [0.25, 0.3) is 0 Å². The zero-order valence-electron chi connectivity index (χ0n) is 20.4. The van der Waals surface area contributed by atoms with Crippen molar-refractivity contribution >= 4 is 5.97 Å². The number of phenols is 2. The molecule has 0 aliphatic heterocycles. The van der Waals surface area contributed by atoms with Crippen molar-refractivity contribution in [3.05, 3.63) is 77.9 Å². The molecule has 0 radical (unpaired) electrons. The predicted octanol–water partition coefficient (Wildman–Crippen LogP) is 6.33. The van der Waals surface area contributed by atoms with Crippen molar-refractivity contribution in [3.8, 4) is 45.7 Å². The van der Waals surface area contributed by atoms with Crippen LogP contribution >= 0.6 is 0 Å². The van der Waals surface area contributed by atoms with Crippen LogP contribution in [0.15, 0.2) is 66.7 Å². The molecule has 4 aromatic rings. The summed E-state index contributed by atoms with van der Waals surface area (Å²) in [5.41, 5.74) is 2.89. The third-order valence-corrected chi connectivity index (χ3v) is 5.78. The topological polar surface area (TPSA) is 105 Å². The van der Waals surface area contributed by atoms with E-state index in [0.29, 0.717) is 34.7 Å². The van der Waals surface area contributed by atoms with E-state index in [1.165, 1.54) is 0 Å². The molecular weight excluding hydrogens is 454 g/mol. The van der Waals surface area contributed by atoms with E-state index < -0.39 is 0 Å². The van der Waals surface area contributed by atoms with E-state index in [1.54, 1.807) is 60.7 Å². The number of para-hydroxylation sites is 1. The van der Waals surface area contributed by atoms with Crippen LogP contribution in [0.3, 0.4) is 0 Å². The Bertz CT molecular complexity index is 1350. The van der Waals surface area contributed by atoms with Gasteiger partial charge < -0.3 is 14.9 Å². The molecule has 0 saturated heterocycles. The highest BCUT2D eigenvalue weighted by molar-refractivity contribution is 5.90. The molecule has 0 saturated carbocycles. The van der Waals surface area contributed by atoms with Gasteiger partial charge in [-0.05, 0) is 55.3 Å². The van der Waals surface area contributed by atoms with Gasteiger partial charge in [-0.2, -0.15) is 0 Å². The average molecular weight is 484 g/mol. The van der Waals surface area contributed by atoms with Crippen LogP contribution in [0.25, 0.3) is 34.2 Å². The molecule has 3 aromatic carbocycles. The maximum Gasteiger partial charge on any atom is 0.338 e. The monoisotopic (exact) mass is 483 g/mol. The second kappa shape index (κ2) is 11.4. The summed E-state index contributed by atoms with van der Waals surface area (Å²) < 4.78 is 5.37. The molecule has 1 heterocycles. The number of hydrogen-bond donors (Lipinski definition) is 2. The van der Waals surface area contributed by atoms with Crippen molar-refractivity contribution < 1.29 is 19.7 Å². The molecule has 0 bridgehead atoms. The quantitative estimate of drug-likeness (QED) is 0.212.